The van der Waals surface area contributed by atoms with Gasteiger partial charge in [0.15, 0.2) is 0 Å². The Bertz CT molecular complexity index is 1240. The Balaban J connectivity index is 1.72. The number of aromatic nitrogens is 1. The molecule has 204 valence electrons. The van der Waals surface area contributed by atoms with Crippen molar-refractivity contribution in [3.63, 3.8) is 0 Å². The van der Waals surface area contributed by atoms with E-state index in [1.54, 1.807) is 6.20 Å². The number of H-pyrrole nitrogens is 1. The van der Waals surface area contributed by atoms with Gasteiger partial charge in [-0.2, -0.15) is 0 Å². The molecular weight excluding hydrogens is 498 g/mol. The monoisotopic (exact) mass is 529 g/mol. The Kier molecular flexibility index (Phi) is 9.02. The Hall–Kier alpha value is -4.46. The van der Waals surface area contributed by atoms with Crippen LogP contribution in [-0.4, -0.2) is 81.2 Å². The number of hydrogen-bond acceptors (Lipinski definition) is 7. The minimum Gasteiger partial charge on any atom is -0.480 e. The van der Waals surface area contributed by atoms with Gasteiger partial charge in [-0.3, -0.25) is 24.0 Å². The largest absolute Gasteiger partial charge is 0.480 e. The Labute approximate surface area is 217 Å². The van der Waals surface area contributed by atoms with Gasteiger partial charge in [0.1, 0.15) is 18.1 Å². The lowest BCUT2D eigenvalue weighted by atomic mass is 10.0. The van der Waals surface area contributed by atoms with E-state index in [2.05, 4.69) is 15.6 Å². The maximum Gasteiger partial charge on any atom is 0.326 e. The van der Waals surface area contributed by atoms with Gasteiger partial charge in [0.2, 0.25) is 29.5 Å². The molecule has 1 fully saturated rings. The number of benzene rings is 1. The van der Waals surface area contributed by atoms with E-state index in [9.17, 15) is 33.9 Å². The Morgan fingerprint density at radius 3 is 2.37 bits per heavy atom. The zero-order valence-corrected chi connectivity index (χ0v) is 20.5. The van der Waals surface area contributed by atoms with Gasteiger partial charge in [0.25, 0.3) is 0 Å². The fourth-order valence-electron chi connectivity index (χ4n) is 4.48. The van der Waals surface area contributed by atoms with Crippen molar-refractivity contribution in [2.75, 3.05) is 6.54 Å². The molecular formula is C24H31N7O7. The van der Waals surface area contributed by atoms with E-state index < -0.39 is 72.5 Å². The van der Waals surface area contributed by atoms with Crippen molar-refractivity contribution in [3.05, 3.63) is 36.0 Å². The molecule has 1 aliphatic rings. The van der Waals surface area contributed by atoms with Crippen molar-refractivity contribution in [2.45, 2.75) is 56.3 Å². The summed E-state index contributed by atoms with van der Waals surface area (Å²) < 4.78 is 0. The highest BCUT2D eigenvalue weighted by Crippen LogP contribution is 2.22. The maximum atomic E-state index is 13.3. The molecule has 1 aromatic heterocycles. The highest BCUT2D eigenvalue weighted by Gasteiger charge is 2.39. The molecule has 2 aromatic rings. The Morgan fingerprint density at radius 1 is 1.03 bits per heavy atom. The topological polar surface area (TPSA) is 244 Å². The molecule has 3 rings (SSSR count). The number of nitrogens with two attached hydrogens (primary N) is 3. The third-order valence-corrected chi connectivity index (χ3v) is 6.33. The smallest absolute Gasteiger partial charge is 0.326 e. The number of hydrogen-bond donors (Lipinski definition) is 7. The number of amides is 5. The van der Waals surface area contributed by atoms with Gasteiger partial charge in [-0.15, -0.1) is 0 Å². The van der Waals surface area contributed by atoms with Gasteiger partial charge < -0.3 is 42.8 Å². The van der Waals surface area contributed by atoms with Gasteiger partial charge in [-0.05, 0) is 24.5 Å². The number of primary amides is 2. The van der Waals surface area contributed by atoms with E-state index in [4.69, 9.17) is 17.2 Å². The van der Waals surface area contributed by atoms with Crippen LogP contribution in [0.3, 0.4) is 0 Å². The van der Waals surface area contributed by atoms with Crippen molar-refractivity contribution in [3.8, 4) is 0 Å². The molecule has 0 bridgehead atoms. The van der Waals surface area contributed by atoms with Gasteiger partial charge >= 0.3 is 5.97 Å². The van der Waals surface area contributed by atoms with Crippen molar-refractivity contribution in [1.29, 1.82) is 0 Å². The van der Waals surface area contributed by atoms with Crippen molar-refractivity contribution in [2.24, 2.45) is 17.2 Å². The molecule has 0 spiro atoms. The van der Waals surface area contributed by atoms with Gasteiger partial charge in [-0.25, -0.2) is 4.79 Å². The van der Waals surface area contributed by atoms with Crippen LogP contribution in [0.1, 0.15) is 31.2 Å². The van der Waals surface area contributed by atoms with Crippen LogP contribution in [0.25, 0.3) is 10.9 Å². The second-order valence-electron chi connectivity index (χ2n) is 9.16. The second-order valence-corrected chi connectivity index (χ2v) is 9.16. The first-order valence-corrected chi connectivity index (χ1v) is 12.0. The number of nitrogens with zero attached hydrogens (tertiary/aromatic N) is 1. The minimum absolute atomic E-state index is 0.00383. The fraction of sp³-hybridized carbons (Fsp3) is 0.417. The standard InChI is InChI=1S/C24H31N7O7/c25-14(9-19(26)32)21(34)29-16(10-20(27)33)23(36)31-7-3-6-18(31)22(35)30-17(24(37)38)8-12-11-28-15-5-2-1-4-13(12)15/h1-2,4-5,11,14,16-18,28H,3,6-10,25H2,(H2,26,32)(H2,27,33)(H,29,34)(H,30,35)(H,37,38). The fourth-order valence-corrected chi connectivity index (χ4v) is 4.48. The first-order chi connectivity index (χ1) is 18.0. The van der Waals surface area contributed by atoms with Crippen LogP contribution in [0.15, 0.2) is 30.5 Å². The lowest BCUT2D eigenvalue weighted by Gasteiger charge is -2.29. The number of carboxylic acids is 1. The number of carbonyl (C=O) groups excluding carboxylic acids is 5. The summed E-state index contributed by atoms with van der Waals surface area (Å²) in [4.78, 5) is 77.6. The number of rotatable bonds is 12. The normalized spacial score (nSPS) is 17.4. The molecule has 2 heterocycles. The van der Waals surface area contributed by atoms with Crippen molar-refractivity contribution < 1.29 is 33.9 Å². The number of aliphatic carboxylic acids is 1. The number of carbonyl (C=O) groups is 6. The summed E-state index contributed by atoms with van der Waals surface area (Å²) in [5, 5.41) is 15.4. The maximum absolute atomic E-state index is 13.3. The van der Waals surface area contributed by atoms with Crippen LogP contribution in [-0.2, 0) is 35.2 Å². The predicted octanol–water partition coefficient (Wildman–Crippen LogP) is -2.17. The lowest BCUT2D eigenvalue weighted by molar-refractivity contribution is -0.145. The van der Waals surface area contributed by atoms with Gasteiger partial charge in [0, 0.05) is 30.1 Å². The molecule has 5 amide bonds. The highest BCUT2D eigenvalue weighted by atomic mass is 16.4. The number of likely N-dealkylation sites (tertiary alicyclic amines) is 1. The molecule has 38 heavy (non-hydrogen) atoms. The van der Waals surface area contributed by atoms with Gasteiger partial charge in [-0.1, -0.05) is 18.2 Å². The predicted molar refractivity (Wildman–Crippen MR) is 134 cm³/mol. The molecule has 0 aliphatic carbocycles. The number of fused-ring (bicyclic) bond motifs is 1. The third-order valence-electron chi connectivity index (χ3n) is 6.33. The van der Waals surface area contributed by atoms with E-state index in [-0.39, 0.29) is 19.4 Å². The first kappa shape index (κ1) is 28.1. The van der Waals surface area contributed by atoms with Crippen LogP contribution in [0.4, 0.5) is 0 Å². The van der Waals surface area contributed by atoms with E-state index >= 15 is 0 Å². The Morgan fingerprint density at radius 2 is 1.71 bits per heavy atom. The van der Waals surface area contributed by atoms with Crippen LogP contribution in [0, 0.1) is 0 Å². The third kappa shape index (κ3) is 6.85. The minimum atomic E-state index is -1.44. The molecule has 1 saturated heterocycles. The zero-order valence-electron chi connectivity index (χ0n) is 20.5. The van der Waals surface area contributed by atoms with E-state index in [1.807, 2.05) is 24.3 Å². The lowest BCUT2D eigenvalue weighted by Crippen LogP contribution is -2.57. The number of carboxylic acid groups (broad SMARTS) is 1. The highest BCUT2D eigenvalue weighted by molar-refractivity contribution is 5.97. The summed E-state index contributed by atoms with van der Waals surface area (Å²) in [6, 6.07) is 2.25. The summed E-state index contributed by atoms with van der Waals surface area (Å²) in [6.07, 6.45) is 1.31. The van der Waals surface area contributed by atoms with Crippen LogP contribution < -0.4 is 27.8 Å². The van der Waals surface area contributed by atoms with Crippen LogP contribution in [0.2, 0.25) is 0 Å². The SMILES string of the molecule is NC(=O)CC(N)C(=O)NC(CC(N)=O)C(=O)N1CCCC1C(=O)NC(Cc1c[nH]c2ccccc12)C(=O)O. The average Bonchev–Trinajstić information content (AvgIpc) is 3.49. The molecule has 4 unspecified atom stereocenters. The zero-order chi connectivity index (χ0) is 28.0. The van der Waals surface area contributed by atoms with Crippen LogP contribution in [0.5, 0.6) is 0 Å². The quantitative estimate of drug-likeness (QED) is 0.159. The molecule has 1 aromatic carbocycles. The number of nitrogens with one attached hydrogen (secondary N) is 3. The van der Waals surface area contributed by atoms with Crippen molar-refractivity contribution >= 4 is 46.4 Å². The molecule has 14 heteroatoms. The molecule has 1 aliphatic heterocycles. The second kappa shape index (κ2) is 12.2. The molecule has 0 radical (unpaired) electrons. The van der Waals surface area contributed by atoms with E-state index in [0.717, 1.165) is 10.9 Å². The van der Waals surface area contributed by atoms with E-state index in [1.165, 1.54) is 4.90 Å². The van der Waals surface area contributed by atoms with Crippen molar-refractivity contribution in [1.82, 2.24) is 20.5 Å². The van der Waals surface area contributed by atoms with Crippen LogP contribution >= 0.6 is 0 Å². The molecule has 0 saturated carbocycles. The molecule has 10 N–H and O–H groups in total. The summed E-state index contributed by atoms with van der Waals surface area (Å²) in [6.45, 7) is 0.135. The van der Waals surface area contributed by atoms with Gasteiger partial charge in [0.05, 0.1) is 18.9 Å². The number of aromatic amines is 1. The summed E-state index contributed by atoms with van der Waals surface area (Å²) >= 11 is 0. The summed E-state index contributed by atoms with van der Waals surface area (Å²) in [7, 11) is 0. The molecule has 4 atom stereocenters. The summed E-state index contributed by atoms with van der Waals surface area (Å²) in [5.74, 6) is -5.31. The summed E-state index contributed by atoms with van der Waals surface area (Å²) in [5.41, 5.74) is 17.4. The average molecular weight is 530 g/mol. The molecule has 14 nitrogen and oxygen atoms in total. The van der Waals surface area contributed by atoms with E-state index in [0.29, 0.717) is 12.0 Å². The number of para-hydroxylation sites is 1. The first-order valence-electron chi connectivity index (χ1n) is 12.0.